The minimum Gasteiger partial charge on any atom is -0.390 e. The number of ether oxygens (including phenoxy) is 1. The van der Waals surface area contributed by atoms with E-state index in [0.717, 1.165) is 0 Å². The van der Waals surface area contributed by atoms with Gasteiger partial charge in [-0.2, -0.15) is 0 Å². The van der Waals surface area contributed by atoms with E-state index < -0.39 is 14.5 Å². The van der Waals surface area contributed by atoms with Crippen molar-refractivity contribution in [2.75, 3.05) is 13.3 Å². The molecule has 4 nitrogen and oxygen atoms in total. The van der Waals surface area contributed by atoms with Crippen LogP contribution in [0.5, 0.6) is 0 Å². The Morgan fingerprint density at radius 1 is 1.67 bits per heavy atom. The summed E-state index contributed by atoms with van der Waals surface area (Å²) in [5.74, 6) is 0. The molecule has 4 atom stereocenters. The third-order valence-electron chi connectivity index (χ3n) is 1.84. The summed E-state index contributed by atoms with van der Waals surface area (Å²) in [5, 5.41) is 9.39. The van der Waals surface area contributed by atoms with Crippen LogP contribution in [0.1, 0.15) is 13.3 Å². The van der Waals surface area contributed by atoms with Crippen LogP contribution < -0.4 is 0 Å². The second-order valence-corrected chi connectivity index (χ2v) is 4.23. The molecule has 72 valence electrons. The number of hydrogen-bond acceptors (Lipinski definition) is 4. The normalized spacial score (nSPS) is 38.5. The number of rotatable bonds is 3. The van der Waals surface area contributed by atoms with Crippen molar-refractivity contribution in [3.63, 3.8) is 0 Å². The number of hydrogen-bond donors (Lipinski definition) is 2. The zero-order valence-corrected chi connectivity index (χ0v) is 8.20. The summed E-state index contributed by atoms with van der Waals surface area (Å²) >= 11 is 0. The molecule has 1 fully saturated rings. The summed E-state index contributed by atoms with van der Waals surface area (Å²) < 4.78 is 10.3. The molecular formula is C7H15O4P. The third-order valence-corrected chi connectivity index (χ3v) is 2.36. The topological polar surface area (TPSA) is 58.9 Å². The summed E-state index contributed by atoms with van der Waals surface area (Å²) in [4.78, 5) is 8.87. The Bertz CT molecular complexity index is 141. The molecule has 0 aromatic rings. The SMILES string of the molecule is CC1CC(O)C(COP(C)O)O1. The van der Waals surface area contributed by atoms with Gasteiger partial charge in [-0.3, -0.25) is 0 Å². The number of aliphatic hydroxyl groups is 1. The van der Waals surface area contributed by atoms with Crippen molar-refractivity contribution in [3.8, 4) is 0 Å². The van der Waals surface area contributed by atoms with Crippen molar-refractivity contribution in [1.29, 1.82) is 0 Å². The van der Waals surface area contributed by atoms with E-state index in [1.807, 2.05) is 6.92 Å². The quantitative estimate of drug-likeness (QED) is 0.641. The Kier molecular flexibility index (Phi) is 3.87. The Labute approximate surface area is 73.4 Å². The van der Waals surface area contributed by atoms with Gasteiger partial charge in [0.2, 0.25) is 0 Å². The third kappa shape index (κ3) is 2.96. The molecule has 5 heteroatoms. The zero-order valence-electron chi connectivity index (χ0n) is 7.30. The van der Waals surface area contributed by atoms with E-state index in [4.69, 9.17) is 14.2 Å². The summed E-state index contributed by atoms with van der Waals surface area (Å²) in [7, 11) is -1.34. The lowest BCUT2D eigenvalue weighted by Gasteiger charge is -2.14. The van der Waals surface area contributed by atoms with Crippen LogP contribution >= 0.6 is 8.38 Å². The molecule has 1 aliphatic rings. The van der Waals surface area contributed by atoms with Gasteiger partial charge in [0.05, 0.1) is 18.8 Å². The van der Waals surface area contributed by atoms with Crippen molar-refractivity contribution in [1.82, 2.24) is 0 Å². The van der Waals surface area contributed by atoms with Crippen molar-refractivity contribution < 1.29 is 19.3 Å². The predicted molar refractivity (Wildman–Crippen MR) is 46.0 cm³/mol. The molecule has 1 aliphatic heterocycles. The fourth-order valence-corrected chi connectivity index (χ4v) is 1.63. The Morgan fingerprint density at radius 3 is 2.75 bits per heavy atom. The number of aliphatic hydroxyl groups excluding tert-OH is 1. The minimum atomic E-state index is -1.34. The molecule has 12 heavy (non-hydrogen) atoms. The van der Waals surface area contributed by atoms with E-state index in [9.17, 15) is 5.11 Å². The van der Waals surface area contributed by atoms with Crippen LogP contribution in [0.3, 0.4) is 0 Å². The second kappa shape index (κ2) is 4.49. The lowest BCUT2D eigenvalue weighted by molar-refractivity contribution is -0.0103. The van der Waals surface area contributed by atoms with E-state index in [2.05, 4.69) is 0 Å². The maximum atomic E-state index is 9.39. The van der Waals surface area contributed by atoms with Gasteiger partial charge in [0, 0.05) is 13.1 Å². The molecule has 0 saturated carbocycles. The van der Waals surface area contributed by atoms with Gasteiger partial charge in [-0.25, -0.2) is 0 Å². The van der Waals surface area contributed by atoms with Crippen molar-refractivity contribution in [2.45, 2.75) is 31.7 Å². The van der Waals surface area contributed by atoms with E-state index in [0.29, 0.717) is 6.42 Å². The molecule has 0 aromatic carbocycles. The lowest BCUT2D eigenvalue weighted by atomic mass is 10.1. The van der Waals surface area contributed by atoms with Crippen LogP contribution in [-0.4, -0.2) is 41.6 Å². The lowest BCUT2D eigenvalue weighted by Crippen LogP contribution is -2.25. The summed E-state index contributed by atoms with van der Waals surface area (Å²) in [5.41, 5.74) is 0. The first kappa shape index (κ1) is 10.4. The van der Waals surface area contributed by atoms with Gasteiger partial charge in [0.15, 0.2) is 8.38 Å². The first-order valence-electron chi connectivity index (χ1n) is 3.98. The average Bonchev–Trinajstić information content (AvgIpc) is 2.26. The molecule has 0 bridgehead atoms. The summed E-state index contributed by atoms with van der Waals surface area (Å²) in [6.45, 7) is 3.79. The van der Waals surface area contributed by atoms with Gasteiger partial charge in [-0.1, -0.05) is 0 Å². The molecule has 1 saturated heterocycles. The molecule has 1 heterocycles. The van der Waals surface area contributed by atoms with Gasteiger partial charge < -0.3 is 19.3 Å². The van der Waals surface area contributed by atoms with Crippen molar-refractivity contribution in [3.05, 3.63) is 0 Å². The molecule has 1 rings (SSSR count). The van der Waals surface area contributed by atoms with Crippen molar-refractivity contribution >= 4 is 8.38 Å². The van der Waals surface area contributed by atoms with E-state index in [1.165, 1.54) is 0 Å². The Balaban J connectivity index is 2.23. The predicted octanol–water partition coefficient (Wildman–Crippen LogP) is 0.475. The van der Waals surface area contributed by atoms with E-state index >= 15 is 0 Å². The van der Waals surface area contributed by atoms with Gasteiger partial charge in [-0.15, -0.1) is 0 Å². The Hall–Kier alpha value is 0.270. The van der Waals surface area contributed by atoms with Crippen LogP contribution in [0.25, 0.3) is 0 Å². The van der Waals surface area contributed by atoms with Crippen LogP contribution in [0.4, 0.5) is 0 Å². The van der Waals surface area contributed by atoms with Crippen molar-refractivity contribution in [2.24, 2.45) is 0 Å². The summed E-state index contributed by atoms with van der Waals surface area (Å²) in [6, 6.07) is 0. The maximum Gasteiger partial charge on any atom is 0.164 e. The molecule has 0 radical (unpaired) electrons. The molecule has 0 spiro atoms. The highest BCUT2D eigenvalue weighted by molar-refractivity contribution is 7.45. The standard InChI is InChI=1S/C7H15O4P/c1-5-3-6(8)7(11-5)4-10-12(2)9/h5-9H,3-4H2,1-2H3. The highest BCUT2D eigenvalue weighted by Gasteiger charge is 2.31. The molecule has 0 aliphatic carbocycles. The van der Waals surface area contributed by atoms with Crippen LogP contribution in [0, 0.1) is 0 Å². The fourth-order valence-electron chi connectivity index (χ4n) is 1.27. The molecule has 4 unspecified atom stereocenters. The monoisotopic (exact) mass is 194 g/mol. The smallest absolute Gasteiger partial charge is 0.164 e. The maximum absolute atomic E-state index is 9.39. The molecule has 0 amide bonds. The fraction of sp³-hybridized carbons (Fsp3) is 1.00. The highest BCUT2D eigenvalue weighted by Crippen LogP contribution is 2.28. The van der Waals surface area contributed by atoms with Crippen LogP contribution in [0.2, 0.25) is 0 Å². The van der Waals surface area contributed by atoms with Gasteiger partial charge in [-0.05, 0) is 6.92 Å². The minimum absolute atomic E-state index is 0.0929. The van der Waals surface area contributed by atoms with E-state index in [1.54, 1.807) is 6.66 Å². The van der Waals surface area contributed by atoms with Gasteiger partial charge in [0.1, 0.15) is 6.10 Å². The van der Waals surface area contributed by atoms with Gasteiger partial charge in [0.25, 0.3) is 0 Å². The van der Waals surface area contributed by atoms with E-state index in [-0.39, 0.29) is 18.8 Å². The molecule has 2 N–H and O–H groups in total. The largest absolute Gasteiger partial charge is 0.390 e. The molecular weight excluding hydrogens is 179 g/mol. The second-order valence-electron chi connectivity index (χ2n) is 3.05. The van der Waals surface area contributed by atoms with Crippen LogP contribution in [0.15, 0.2) is 0 Å². The first-order chi connectivity index (χ1) is 5.59. The van der Waals surface area contributed by atoms with Gasteiger partial charge >= 0.3 is 0 Å². The average molecular weight is 194 g/mol. The Morgan fingerprint density at radius 2 is 2.33 bits per heavy atom. The zero-order chi connectivity index (χ0) is 9.14. The highest BCUT2D eigenvalue weighted by atomic mass is 31.2. The first-order valence-corrected chi connectivity index (χ1v) is 5.64. The molecule has 0 aromatic heterocycles. The summed E-state index contributed by atoms with van der Waals surface area (Å²) in [6.07, 6.45) is 0.0311. The van der Waals surface area contributed by atoms with Crippen LogP contribution in [-0.2, 0) is 9.26 Å².